The quantitative estimate of drug-likeness (QED) is 0.860. The molecule has 2 heterocycles. The number of aryl methyl sites for hydroxylation is 1. The molecule has 0 aromatic carbocycles. The van der Waals surface area contributed by atoms with E-state index in [2.05, 4.69) is 41.9 Å². The lowest BCUT2D eigenvalue weighted by atomic mass is 9.90. The van der Waals surface area contributed by atoms with Crippen LogP contribution in [-0.2, 0) is 4.79 Å². The van der Waals surface area contributed by atoms with Crippen LogP contribution in [0.1, 0.15) is 30.4 Å². The second-order valence-corrected chi connectivity index (χ2v) is 6.38. The van der Waals surface area contributed by atoms with E-state index in [9.17, 15) is 4.79 Å². The third-order valence-corrected chi connectivity index (χ3v) is 4.78. The minimum atomic E-state index is 0.179. The van der Waals surface area contributed by atoms with E-state index >= 15 is 0 Å². The van der Waals surface area contributed by atoms with E-state index < -0.39 is 0 Å². The van der Waals surface area contributed by atoms with Gasteiger partial charge in [0.2, 0.25) is 0 Å². The van der Waals surface area contributed by atoms with Gasteiger partial charge in [-0.2, -0.15) is 0 Å². The molecule has 0 saturated carbocycles. The van der Waals surface area contributed by atoms with Crippen LogP contribution in [0.2, 0.25) is 0 Å². The molecule has 0 bridgehead atoms. The largest absolute Gasteiger partial charge is 0.336 e. The number of likely N-dealkylation sites (N-methyl/N-ethyl adjacent to an activating group) is 1. The number of hydrogen-bond acceptors (Lipinski definition) is 3. The monoisotopic (exact) mass is 311 g/mol. The predicted octanol–water partition coefficient (Wildman–Crippen LogP) is 2.52. The first-order valence-corrected chi connectivity index (χ1v) is 8.49. The second kappa shape index (κ2) is 7.09. The fourth-order valence-corrected chi connectivity index (χ4v) is 3.26. The first kappa shape index (κ1) is 15.9. The Bertz CT molecular complexity index is 627. The summed E-state index contributed by atoms with van der Waals surface area (Å²) in [5.74, 6) is 0.508. The van der Waals surface area contributed by atoms with Gasteiger partial charge < -0.3 is 9.80 Å². The number of allylic oxidation sites excluding steroid dienone is 2. The second-order valence-electron chi connectivity index (χ2n) is 6.38. The molecule has 1 amide bonds. The number of carbonyl (C=O) groups excluding carboxylic acids is 1. The van der Waals surface area contributed by atoms with Crippen molar-refractivity contribution in [2.75, 3.05) is 32.7 Å². The van der Waals surface area contributed by atoms with Crippen molar-refractivity contribution in [1.82, 2.24) is 14.8 Å². The van der Waals surface area contributed by atoms with E-state index in [1.54, 1.807) is 0 Å². The lowest BCUT2D eigenvalue weighted by Crippen LogP contribution is -2.48. The number of pyridine rings is 1. The van der Waals surface area contributed by atoms with Gasteiger partial charge in [0.25, 0.3) is 5.91 Å². The van der Waals surface area contributed by atoms with Crippen LogP contribution in [0.25, 0.3) is 0 Å². The van der Waals surface area contributed by atoms with Crippen LogP contribution in [0, 0.1) is 6.92 Å². The standard InChI is InChI=1S/C19H25N3O/c1-3-21-8-10-22(11-9-21)19(23)17-6-4-16(5-7-17)18-12-15(2)13-20-14-18/h4,6-7,12-14,16H,3,5,8-11H2,1-2H3. The number of amides is 1. The Kier molecular flexibility index (Phi) is 4.91. The fourth-order valence-electron chi connectivity index (χ4n) is 3.26. The summed E-state index contributed by atoms with van der Waals surface area (Å²) in [6.45, 7) is 8.94. The molecule has 1 aliphatic heterocycles. The van der Waals surface area contributed by atoms with Crippen molar-refractivity contribution in [1.29, 1.82) is 0 Å². The minimum Gasteiger partial charge on any atom is -0.336 e. The van der Waals surface area contributed by atoms with Crippen molar-refractivity contribution in [3.05, 3.63) is 53.4 Å². The average molecular weight is 311 g/mol. The molecule has 2 aliphatic rings. The van der Waals surface area contributed by atoms with Crippen LogP contribution in [-0.4, -0.2) is 53.4 Å². The van der Waals surface area contributed by atoms with Gasteiger partial charge in [0.05, 0.1) is 0 Å². The van der Waals surface area contributed by atoms with Crippen molar-refractivity contribution in [2.45, 2.75) is 26.2 Å². The van der Waals surface area contributed by atoms with Gasteiger partial charge in [0.1, 0.15) is 0 Å². The lowest BCUT2D eigenvalue weighted by Gasteiger charge is -2.34. The van der Waals surface area contributed by atoms with Crippen molar-refractivity contribution >= 4 is 5.91 Å². The Labute approximate surface area is 138 Å². The predicted molar refractivity (Wildman–Crippen MR) is 92.2 cm³/mol. The van der Waals surface area contributed by atoms with Crippen LogP contribution in [0.5, 0.6) is 0 Å². The number of aromatic nitrogens is 1. The summed E-state index contributed by atoms with van der Waals surface area (Å²) >= 11 is 0. The van der Waals surface area contributed by atoms with Gasteiger partial charge in [-0.3, -0.25) is 9.78 Å². The molecule has 1 aliphatic carbocycles. The van der Waals surface area contributed by atoms with Gasteiger partial charge in [-0.05, 0) is 31.0 Å². The van der Waals surface area contributed by atoms with Crippen LogP contribution in [0.3, 0.4) is 0 Å². The summed E-state index contributed by atoms with van der Waals surface area (Å²) < 4.78 is 0. The molecule has 1 aromatic heterocycles. The number of hydrogen-bond donors (Lipinski definition) is 0. The van der Waals surface area contributed by atoms with Crippen molar-refractivity contribution in [3.8, 4) is 0 Å². The molecule has 0 N–H and O–H groups in total. The smallest absolute Gasteiger partial charge is 0.253 e. The van der Waals surface area contributed by atoms with Crippen LogP contribution >= 0.6 is 0 Å². The van der Waals surface area contributed by atoms with Gasteiger partial charge in [0, 0.05) is 50.1 Å². The Balaban J connectivity index is 1.61. The summed E-state index contributed by atoms with van der Waals surface area (Å²) in [7, 11) is 0. The van der Waals surface area contributed by atoms with Gasteiger partial charge in [0.15, 0.2) is 0 Å². The number of rotatable bonds is 3. The van der Waals surface area contributed by atoms with E-state index in [4.69, 9.17) is 0 Å². The third-order valence-electron chi connectivity index (χ3n) is 4.78. The van der Waals surface area contributed by atoms with E-state index in [1.807, 2.05) is 23.4 Å². The summed E-state index contributed by atoms with van der Waals surface area (Å²) in [6, 6.07) is 2.17. The van der Waals surface area contributed by atoms with Crippen LogP contribution in [0.15, 0.2) is 42.3 Å². The summed E-state index contributed by atoms with van der Waals surface area (Å²) in [4.78, 5) is 21.3. The van der Waals surface area contributed by atoms with E-state index in [1.165, 1.54) is 11.1 Å². The molecule has 23 heavy (non-hydrogen) atoms. The summed E-state index contributed by atoms with van der Waals surface area (Å²) in [6.07, 6.45) is 10.9. The van der Waals surface area contributed by atoms with E-state index in [-0.39, 0.29) is 5.91 Å². The number of carbonyl (C=O) groups is 1. The normalized spacial score (nSPS) is 22.1. The maximum atomic E-state index is 12.6. The minimum absolute atomic E-state index is 0.179. The zero-order chi connectivity index (χ0) is 16.2. The number of piperazine rings is 1. The molecule has 1 atom stereocenters. The third kappa shape index (κ3) is 3.70. The molecule has 3 rings (SSSR count). The Hall–Kier alpha value is -1.94. The van der Waals surface area contributed by atoms with Gasteiger partial charge >= 0.3 is 0 Å². The highest BCUT2D eigenvalue weighted by molar-refractivity contribution is 5.96. The van der Waals surface area contributed by atoms with Gasteiger partial charge in [-0.1, -0.05) is 31.2 Å². The molecule has 1 aromatic rings. The topological polar surface area (TPSA) is 36.4 Å². The highest BCUT2D eigenvalue weighted by Gasteiger charge is 2.23. The highest BCUT2D eigenvalue weighted by atomic mass is 16.2. The van der Waals surface area contributed by atoms with E-state index in [0.29, 0.717) is 5.92 Å². The molecule has 1 unspecified atom stereocenters. The first-order chi connectivity index (χ1) is 11.2. The molecule has 0 radical (unpaired) electrons. The van der Waals surface area contributed by atoms with Crippen molar-refractivity contribution in [2.24, 2.45) is 0 Å². The zero-order valence-corrected chi connectivity index (χ0v) is 14.0. The highest BCUT2D eigenvalue weighted by Crippen LogP contribution is 2.27. The van der Waals surface area contributed by atoms with Gasteiger partial charge in [-0.25, -0.2) is 0 Å². The Morgan fingerprint density at radius 2 is 2.04 bits per heavy atom. The van der Waals surface area contributed by atoms with Crippen LogP contribution < -0.4 is 0 Å². The van der Waals surface area contributed by atoms with Gasteiger partial charge in [-0.15, -0.1) is 0 Å². The maximum Gasteiger partial charge on any atom is 0.253 e. The summed E-state index contributed by atoms with van der Waals surface area (Å²) in [5, 5.41) is 0. The number of nitrogens with zero attached hydrogens (tertiary/aromatic N) is 3. The Morgan fingerprint density at radius 3 is 2.65 bits per heavy atom. The molecular weight excluding hydrogens is 286 g/mol. The fraction of sp³-hybridized carbons (Fsp3) is 0.474. The van der Waals surface area contributed by atoms with Crippen molar-refractivity contribution in [3.63, 3.8) is 0 Å². The average Bonchev–Trinajstić information content (AvgIpc) is 2.61. The van der Waals surface area contributed by atoms with Crippen LogP contribution in [0.4, 0.5) is 0 Å². The Morgan fingerprint density at radius 1 is 1.26 bits per heavy atom. The summed E-state index contributed by atoms with van der Waals surface area (Å²) in [5.41, 5.74) is 3.24. The lowest BCUT2D eigenvalue weighted by molar-refractivity contribution is -0.128. The molecular formula is C19H25N3O. The molecule has 1 fully saturated rings. The maximum absolute atomic E-state index is 12.6. The molecule has 0 spiro atoms. The SMILES string of the molecule is CCN1CCN(C(=O)C2=CCC(c3cncc(C)c3)C=C2)CC1. The molecule has 122 valence electrons. The molecule has 1 saturated heterocycles. The first-order valence-electron chi connectivity index (χ1n) is 8.49. The van der Waals surface area contributed by atoms with E-state index in [0.717, 1.165) is 44.7 Å². The van der Waals surface area contributed by atoms with Crippen molar-refractivity contribution < 1.29 is 4.79 Å². The molecule has 4 nitrogen and oxygen atoms in total. The zero-order valence-electron chi connectivity index (χ0n) is 14.0. The molecule has 4 heteroatoms.